The molecule has 2 aromatic carbocycles. The zero-order chi connectivity index (χ0) is 16.8. The zero-order valence-corrected chi connectivity index (χ0v) is 13.0. The Kier molecular flexibility index (Phi) is 5.46. The summed E-state index contributed by atoms with van der Waals surface area (Å²) in [6, 6.07) is 12.7. The molecule has 0 heterocycles. The van der Waals surface area contributed by atoms with E-state index in [0.29, 0.717) is 12.2 Å². The van der Waals surface area contributed by atoms with Crippen LogP contribution in [0.2, 0.25) is 0 Å². The van der Waals surface area contributed by atoms with E-state index in [4.69, 9.17) is 4.74 Å². The van der Waals surface area contributed by atoms with Crippen LogP contribution in [0.4, 0.5) is 4.39 Å². The number of esters is 1. The molecule has 23 heavy (non-hydrogen) atoms. The predicted molar refractivity (Wildman–Crippen MR) is 84.8 cm³/mol. The van der Waals surface area contributed by atoms with E-state index in [-0.39, 0.29) is 17.6 Å². The van der Waals surface area contributed by atoms with Gasteiger partial charge in [-0.1, -0.05) is 24.3 Å². The molecule has 120 valence electrons. The van der Waals surface area contributed by atoms with Gasteiger partial charge in [0.25, 0.3) is 5.91 Å². The molecule has 1 unspecified atom stereocenters. The van der Waals surface area contributed by atoms with Crippen LogP contribution < -0.4 is 10.1 Å². The van der Waals surface area contributed by atoms with E-state index >= 15 is 0 Å². The van der Waals surface area contributed by atoms with E-state index in [2.05, 4.69) is 5.32 Å². The van der Waals surface area contributed by atoms with Crippen LogP contribution in [-0.2, 0) is 11.2 Å². The molecule has 0 radical (unpaired) electrons. The monoisotopic (exact) mass is 315 g/mol. The first-order chi connectivity index (χ1) is 11.0. The topological polar surface area (TPSA) is 55.4 Å². The van der Waals surface area contributed by atoms with Crippen molar-refractivity contribution < 1.29 is 18.7 Å². The molecule has 2 aromatic rings. The number of carbonyl (C=O) groups excluding carboxylic acids is 2. The molecule has 1 atom stereocenters. The second kappa shape index (κ2) is 7.54. The summed E-state index contributed by atoms with van der Waals surface area (Å²) in [6.07, 6.45) is 0.584. The Hall–Kier alpha value is -2.69. The van der Waals surface area contributed by atoms with Crippen molar-refractivity contribution in [3.63, 3.8) is 0 Å². The van der Waals surface area contributed by atoms with Gasteiger partial charge in [0.15, 0.2) is 0 Å². The Balaban J connectivity index is 1.94. The Morgan fingerprint density at radius 3 is 2.39 bits per heavy atom. The summed E-state index contributed by atoms with van der Waals surface area (Å²) in [5.41, 5.74) is 1.01. The Labute approximate surface area is 134 Å². The van der Waals surface area contributed by atoms with Crippen LogP contribution >= 0.6 is 0 Å². The minimum absolute atomic E-state index is 0.0320. The number of nitrogens with one attached hydrogen (secondary N) is 1. The van der Waals surface area contributed by atoms with Gasteiger partial charge in [-0.2, -0.15) is 0 Å². The average molecular weight is 315 g/mol. The van der Waals surface area contributed by atoms with Gasteiger partial charge in [-0.25, -0.2) is 4.39 Å². The molecule has 0 aliphatic rings. The number of rotatable bonds is 5. The van der Waals surface area contributed by atoms with Crippen molar-refractivity contribution >= 4 is 11.9 Å². The summed E-state index contributed by atoms with van der Waals surface area (Å²) in [5.74, 6) is -0.873. The summed E-state index contributed by atoms with van der Waals surface area (Å²) < 4.78 is 18.5. The number of hydrogen-bond acceptors (Lipinski definition) is 3. The molecular weight excluding hydrogens is 297 g/mol. The maximum Gasteiger partial charge on any atom is 0.308 e. The number of halogens is 1. The molecule has 0 saturated heterocycles. The molecule has 2 rings (SSSR count). The lowest BCUT2D eigenvalue weighted by Crippen LogP contribution is -2.34. The number of ether oxygens (including phenoxy) is 1. The van der Waals surface area contributed by atoms with E-state index in [9.17, 15) is 14.0 Å². The quantitative estimate of drug-likeness (QED) is 0.681. The van der Waals surface area contributed by atoms with Crippen molar-refractivity contribution in [3.05, 3.63) is 65.5 Å². The Bertz CT molecular complexity index is 698. The first-order valence-corrected chi connectivity index (χ1v) is 7.28. The van der Waals surface area contributed by atoms with Gasteiger partial charge in [-0.3, -0.25) is 9.59 Å². The summed E-state index contributed by atoms with van der Waals surface area (Å²) in [5, 5.41) is 2.77. The molecular formula is C18H18FNO3. The minimum Gasteiger partial charge on any atom is -0.427 e. The fourth-order valence-electron chi connectivity index (χ4n) is 2.21. The van der Waals surface area contributed by atoms with Gasteiger partial charge in [0.05, 0.1) is 5.56 Å². The van der Waals surface area contributed by atoms with Gasteiger partial charge >= 0.3 is 5.97 Å². The van der Waals surface area contributed by atoms with Gasteiger partial charge in [-0.15, -0.1) is 0 Å². The van der Waals surface area contributed by atoms with E-state index in [0.717, 1.165) is 5.56 Å². The van der Waals surface area contributed by atoms with Crippen molar-refractivity contribution in [1.29, 1.82) is 0 Å². The Morgan fingerprint density at radius 2 is 1.78 bits per heavy atom. The summed E-state index contributed by atoms with van der Waals surface area (Å²) >= 11 is 0. The zero-order valence-electron chi connectivity index (χ0n) is 13.0. The highest BCUT2D eigenvalue weighted by Gasteiger charge is 2.13. The normalized spacial score (nSPS) is 11.6. The highest BCUT2D eigenvalue weighted by Crippen LogP contribution is 2.14. The van der Waals surface area contributed by atoms with Crippen LogP contribution in [0.1, 0.15) is 29.8 Å². The first-order valence-electron chi connectivity index (χ1n) is 7.28. The number of hydrogen-bond donors (Lipinski definition) is 1. The van der Waals surface area contributed by atoms with Gasteiger partial charge < -0.3 is 10.1 Å². The number of benzene rings is 2. The number of carbonyl (C=O) groups is 2. The van der Waals surface area contributed by atoms with Crippen LogP contribution in [0.3, 0.4) is 0 Å². The fraction of sp³-hybridized carbons (Fsp3) is 0.222. The smallest absolute Gasteiger partial charge is 0.308 e. The highest BCUT2D eigenvalue weighted by molar-refractivity contribution is 5.94. The standard InChI is InChI=1S/C18H18FNO3/c1-12(20-18(22)16-5-3-4-6-17(16)19)11-14-7-9-15(10-8-14)23-13(2)21/h3-10,12H,11H2,1-2H3,(H,20,22). The molecule has 0 saturated carbocycles. The van der Waals surface area contributed by atoms with Crippen LogP contribution in [0.5, 0.6) is 5.75 Å². The lowest BCUT2D eigenvalue weighted by atomic mass is 10.1. The second-order valence-electron chi connectivity index (χ2n) is 5.30. The van der Waals surface area contributed by atoms with Crippen molar-refractivity contribution in [1.82, 2.24) is 5.32 Å². The summed E-state index contributed by atoms with van der Waals surface area (Å²) in [7, 11) is 0. The Morgan fingerprint density at radius 1 is 1.13 bits per heavy atom. The third kappa shape index (κ3) is 4.92. The van der Waals surface area contributed by atoms with Gasteiger partial charge in [0.1, 0.15) is 11.6 Å². The van der Waals surface area contributed by atoms with Crippen LogP contribution in [0.25, 0.3) is 0 Å². The van der Waals surface area contributed by atoms with E-state index in [1.807, 2.05) is 19.1 Å². The molecule has 1 amide bonds. The van der Waals surface area contributed by atoms with Crippen LogP contribution in [0.15, 0.2) is 48.5 Å². The van der Waals surface area contributed by atoms with E-state index in [1.165, 1.54) is 19.1 Å². The van der Waals surface area contributed by atoms with Crippen molar-refractivity contribution in [2.45, 2.75) is 26.3 Å². The minimum atomic E-state index is -0.539. The SMILES string of the molecule is CC(=O)Oc1ccc(CC(C)NC(=O)c2ccccc2F)cc1. The lowest BCUT2D eigenvalue weighted by Gasteiger charge is -2.14. The van der Waals surface area contributed by atoms with Crippen molar-refractivity contribution in [2.75, 3.05) is 0 Å². The van der Waals surface area contributed by atoms with E-state index < -0.39 is 11.7 Å². The molecule has 4 nitrogen and oxygen atoms in total. The number of amides is 1. The molecule has 0 spiro atoms. The maximum absolute atomic E-state index is 13.6. The van der Waals surface area contributed by atoms with Crippen molar-refractivity contribution in [2.24, 2.45) is 0 Å². The third-order valence-electron chi connectivity index (χ3n) is 3.22. The first kappa shape index (κ1) is 16.7. The molecule has 1 N–H and O–H groups in total. The lowest BCUT2D eigenvalue weighted by molar-refractivity contribution is -0.131. The van der Waals surface area contributed by atoms with Crippen LogP contribution in [-0.4, -0.2) is 17.9 Å². The average Bonchev–Trinajstić information content (AvgIpc) is 2.49. The fourth-order valence-corrected chi connectivity index (χ4v) is 2.21. The highest BCUT2D eigenvalue weighted by atomic mass is 19.1. The molecule has 0 aliphatic carbocycles. The summed E-state index contributed by atoms with van der Waals surface area (Å²) in [4.78, 5) is 22.9. The van der Waals surface area contributed by atoms with Crippen molar-refractivity contribution in [3.8, 4) is 5.75 Å². The largest absolute Gasteiger partial charge is 0.427 e. The molecule has 5 heteroatoms. The van der Waals surface area contributed by atoms with Gasteiger partial charge in [-0.05, 0) is 43.2 Å². The van der Waals surface area contributed by atoms with E-state index in [1.54, 1.807) is 24.3 Å². The molecule has 0 aliphatic heterocycles. The van der Waals surface area contributed by atoms with Gasteiger partial charge in [0, 0.05) is 13.0 Å². The molecule has 0 fully saturated rings. The summed E-state index contributed by atoms with van der Waals surface area (Å²) in [6.45, 7) is 3.19. The van der Waals surface area contributed by atoms with Crippen LogP contribution in [0, 0.1) is 5.82 Å². The third-order valence-corrected chi connectivity index (χ3v) is 3.22. The second-order valence-corrected chi connectivity index (χ2v) is 5.30. The molecule has 0 bridgehead atoms. The predicted octanol–water partition coefficient (Wildman–Crippen LogP) is 3.11. The van der Waals surface area contributed by atoms with Gasteiger partial charge in [0.2, 0.25) is 0 Å². The maximum atomic E-state index is 13.6. The molecule has 0 aromatic heterocycles.